The van der Waals surface area contributed by atoms with Crippen molar-refractivity contribution in [1.29, 1.82) is 5.26 Å². The van der Waals surface area contributed by atoms with Crippen LogP contribution in [0.5, 0.6) is 0 Å². The van der Waals surface area contributed by atoms with Crippen molar-refractivity contribution in [3.05, 3.63) is 35.0 Å². The summed E-state index contributed by atoms with van der Waals surface area (Å²) < 4.78 is 0. The number of hydrogen-bond donors (Lipinski definition) is 4. The van der Waals surface area contributed by atoms with E-state index in [2.05, 4.69) is 27.0 Å². The molecule has 2 heterocycles. The van der Waals surface area contributed by atoms with Crippen molar-refractivity contribution in [2.24, 2.45) is 11.8 Å². The lowest BCUT2D eigenvalue weighted by Crippen LogP contribution is -2.50. The zero-order valence-electron chi connectivity index (χ0n) is 18.1. The van der Waals surface area contributed by atoms with Crippen LogP contribution in [0, 0.1) is 23.2 Å². The molecule has 3 amide bonds. The Bertz CT molecular complexity index is 1160. The van der Waals surface area contributed by atoms with Crippen LogP contribution in [0.1, 0.15) is 55.4 Å². The molecule has 1 aliphatic heterocycles. The Kier molecular flexibility index (Phi) is 5.53. The first-order chi connectivity index (χ1) is 15.9. The molecule has 1 saturated heterocycles. The molecule has 5 rings (SSSR count). The van der Waals surface area contributed by atoms with Crippen LogP contribution >= 0.6 is 11.6 Å². The first-order valence-electron chi connectivity index (χ1n) is 11.5. The third kappa shape index (κ3) is 4.69. The van der Waals surface area contributed by atoms with E-state index in [4.69, 9.17) is 11.6 Å². The summed E-state index contributed by atoms with van der Waals surface area (Å²) >= 11 is 6.20. The molecule has 33 heavy (non-hydrogen) atoms. The molecule has 3 unspecified atom stereocenters. The van der Waals surface area contributed by atoms with Gasteiger partial charge in [-0.05, 0) is 50.2 Å². The molecule has 1 spiro atoms. The summed E-state index contributed by atoms with van der Waals surface area (Å²) in [6.07, 6.45) is 5.51. The van der Waals surface area contributed by atoms with Crippen LogP contribution in [0.2, 0.25) is 5.02 Å². The number of aromatic nitrogens is 1. The van der Waals surface area contributed by atoms with Gasteiger partial charge in [-0.25, -0.2) is 0 Å². The topological polar surface area (TPSA) is 127 Å². The molecule has 4 N–H and O–H groups in total. The van der Waals surface area contributed by atoms with E-state index in [9.17, 15) is 19.6 Å². The van der Waals surface area contributed by atoms with Crippen molar-refractivity contribution < 1.29 is 14.4 Å². The quantitative estimate of drug-likeness (QED) is 0.476. The van der Waals surface area contributed by atoms with Crippen molar-refractivity contribution in [1.82, 2.24) is 20.9 Å². The number of carbonyl (C=O) groups excluding carboxylic acids is 3. The molecule has 0 bridgehead atoms. The van der Waals surface area contributed by atoms with Gasteiger partial charge in [0.1, 0.15) is 17.8 Å². The maximum absolute atomic E-state index is 13.1. The van der Waals surface area contributed by atoms with E-state index in [1.165, 1.54) is 0 Å². The lowest BCUT2D eigenvalue weighted by atomic mass is 9.95. The Balaban J connectivity index is 1.25. The summed E-state index contributed by atoms with van der Waals surface area (Å²) in [7, 11) is 0. The summed E-state index contributed by atoms with van der Waals surface area (Å²) in [4.78, 5) is 41.2. The van der Waals surface area contributed by atoms with Crippen molar-refractivity contribution in [3.63, 3.8) is 0 Å². The first kappa shape index (κ1) is 21.8. The van der Waals surface area contributed by atoms with Crippen LogP contribution in [-0.2, 0) is 9.59 Å². The average molecular weight is 468 g/mol. The number of nitrogens with zero attached hydrogens (tertiary/aromatic N) is 1. The molecule has 9 heteroatoms. The van der Waals surface area contributed by atoms with E-state index in [1.807, 2.05) is 6.07 Å². The third-order valence-electron chi connectivity index (χ3n) is 6.98. The number of benzene rings is 1. The maximum atomic E-state index is 13.1. The molecule has 3 atom stereocenters. The minimum atomic E-state index is -0.785. The van der Waals surface area contributed by atoms with Gasteiger partial charge in [0.25, 0.3) is 5.91 Å². The number of fused-ring (bicyclic) bond motifs is 1. The number of hydrogen-bond acceptors (Lipinski definition) is 4. The molecule has 2 aromatic rings. The van der Waals surface area contributed by atoms with Crippen LogP contribution in [0.4, 0.5) is 0 Å². The number of halogens is 1. The van der Waals surface area contributed by atoms with Gasteiger partial charge in [-0.2, -0.15) is 5.26 Å². The number of aromatic amines is 1. The first-order valence-corrected chi connectivity index (χ1v) is 11.8. The molecule has 2 saturated carbocycles. The molecule has 0 radical (unpaired) electrons. The number of amides is 3. The Morgan fingerprint density at radius 3 is 2.67 bits per heavy atom. The fourth-order valence-electron chi connectivity index (χ4n) is 4.75. The minimum absolute atomic E-state index is 0.0395. The van der Waals surface area contributed by atoms with Gasteiger partial charge in [-0.3, -0.25) is 14.4 Å². The van der Waals surface area contributed by atoms with Gasteiger partial charge in [0, 0.05) is 16.8 Å². The lowest BCUT2D eigenvalue weighted by Gasteiger charge is -2.21. The minimum Gasteiger partial charge on any atom is -0.350 e. The highest BCUT2D eigenvalue weighted by Gasteiger charge is 2.52. The Hall–Kier alpha value is -3.05. The number of nitrogens with one attached hydrogen (secondary N) is 4. The molecule has 1 aromatic carbocycles. The van der Waals surface area contributed by atoms with Gasteiger partial charge in [0.15, 0.2) is 0 Å². The maximum Gasteiger partial charge on any atom is 0.268 e. The molecule has 1 aromatic heterocycles. The summed E-state index contributed by atoms with van der Waals surface area (Å²) in [5, 5.41) is 19.5. The summed E-state index contributed by atoms with van der Waals surface area (Å²) in [6, 6.07) is 7.68. The molecule has 172 valence electrons. The highest BCUT2D eigenvalue weighted by atomic mass is 35.5. The van der Waals surface area contributed by atoms with E-state index >= 15 is 0 Å². The second kappa shape index (κ2) is 8.38. The molecule has 3 fully saturated rings. The van der Waals surface area contributed by atoms with Crippen LogP contribution in [0.3, 0.4) is 0 Å². The SMILES string of the molecule is N#CC(CC1CC2(CC2)NC1=O)NC(=O)C(CC1CC1)NC(=O)c1cc2cccc(Cl)c2[nH]1. The molecule has 2 aliphatic carbocycles. The predicted octanol–water partition coefficient (Wildman–Crippen LogP) is 2.79. The Morgan fingerprint density at radius 1 is 1.24 bits per heavy atom. The van der Waals surface area contributed by atoms with Gasteiger partial charge in [-0.15, -0.1) is 0 Å². The monoisotopic (exact) mass is 467 g/mol. The molecule has 8 nitrogen and oxygen atoms in total. The zero-order chi connectivity index (χ0) is 23.2. The van der Waals surface area contributed by atoms with Crippen molar-refractivity contribution in [3.8, 4) is 6.07 Å². The van der Waals surface area contributed by atoms with Gasteiger partial charge in [-0.1, -0.05) is 36.6 Å². The third-order valence-corrected chi connectivity index (χ3v) is 7.30. The van der Waals surface area contributed by atoms with Gasteiger partial charge >= 0.3 is 0 Å². The van der Waals surface area contributed by atoms with Crippen LogP contribution in [-0.4, -0.2) is 40.3 Å². The van der Waals surface area contributed by atoms with Crippen molar-refractivity contribution in [2.45, 2.75) is 62.6 Å². The van der Waals surface area contributed by atoms with Crippen molar-refractivity contribution in [2.75, 3.05) is 0 Å². The highest BCUT2D eigenvalue weighted by Crippen LogP contribution is 2.46. The average Bonchev–Trinajstić information content (AvgIpc) is 3.68. The Morgan fingerprint density at radius 2 is 2.03 bits per heavy atom. The van der Waals surface area contributed by atoms with E-state index in [-0.39, 0.29) is 23.8 Å². The fraction of sp³-hybridized carbons (Fsp3) is 0.500. The predicted molar refractivity (Wildman–Crippen MR) is 122 cm³/mol. The molecular weight excluding hydrogens is 442 g/mol. The Labute approximate surface area is 196 Å². The van der Waals surface area contributed by atoms with Crippen LogP contribution < -0.4 is 16.0 Å². The van der Waals surface area contributed by atoms with Gasteiger partial charge < -0.3 is 20.9 Å². The normalized spacial score (nSPS) is 22.4. The fourth-order valence-corrected chi connectivity index (χ4v) is 4.97. The number of carbonyl (C=O) groups is 3. The standard InChI is InChI=1S/C24H26ClN5O3/c25-17-3-1-2-14-10-19(28-20(14)17)23(33)29-18(8-13-4-5-13)22(32)27-16(12-26)9-15-11-24(6-7-24)30-21(15)31/h1-3,10,13,15-16,18,28H,4-9,11H2,(H,27,32)(H,29,33)(H,30,31). The van der Waals surface area contributed by atoms with Gasteiger partial charge in [0.2, 0.25) is 11.8 Å². The van der Waals surface area contributed by atoms with E-state index < -0.39 is 23.9 Å². The summed E-state index contributed by atoms with van der Waals surface area (Å²) in [5.41, 5.74) is 0.915. The van der Waals surface area contributed by atoms with Crippen molar-refractivity contribution >= 4 is 40.2 Å². The zero-order valence-corrected chi connectivity index (χ0v) is 18.9. The van der Waals surface area contributed by atoms with Gasteiger partial charge in [0.05, 0.1) is 16.6 Å². The molecule has 3 aliphatic rings. The summed E-state index contributed by atoms with van der Waals surface area (Å²) in [6.45, 7) is 0. The van der Waals surface area contributed by atoms with E-state index in [1.54, 1.807) is 18.2 Å². The van der Waals surface area contributed by atoms with Crippen LogP contribution in [0.25, 0.3) is 10.9 Å². The number of rotatable bonds is 8. The second-order valence-corrected chi connectivity index (χ2v) is 10.1. The largest absolute Gasteiger partial charge is 0.350 e. The number of H-pyrrole nitrogens is 1. The molecular formula is C24H26ClN5O3. The van der Waals surface area contributed by atoms with Crippen LogP contribution in [0.15, 0.2) is 24.3 Å². The lowest BCUT2D eigenvalue weighted by molar-refractivity contribution is -0.125. The number of para-hydroxylation sites is 1. The van der Waals surface area contributed by atoms with E-state index in [0.29, 0.717) is 35.0 Å². The highest BCUT2D eigenvalue weighted by molar-refractivity contribution is 6.35. The smallest absolute Gasteiger partial charge is 0.268 e. The summed E-state index contributed by atoms with van der Waals surface area (Å²) in [5.74, 6) is -0.723. The number of nitriles is 1. The second-order valence-electron chi connectivity index (χ2n) is 9.69. The van der Waals surface area contributed by atoms with E-state index in [0.717, 1.165) is 31.1 Å².